The predicted molar refractivity (Wildman–Crippen MR) is 100 cm³/mol. The molecule has 0 aromatic heterocycles. The van der Waals surface area contributed by atoms with Gasteiger partial charge in [-0.05, 0) is 42.3 Å². The maximum Gasteiger partial charge on any atom is 0.127 e. The molecule has 1 aliphatic carbocycles. The van der Waals surface area contributed by atoms with Crippen LogP contribution in [-0.4, -0.2) is 33.2 Å². The Bertz CT molecular complexity index is 708. The lowest BCUT2D eigenvalue weighted by atomic mass is 10.1. The molecule has 0 bridgehead atoms. The van der Waals surface area contributed by atoms with Crippen LogP contribution in [0.4, 0.5) is 0 Å². The van der Waals surface area contributed by atoms with Crippen LogP contribution >= 0.6 is 23.4 Å². The quantitative estimate of drug-likeness (QED) is 0.849. The summed E-state index contributed by atoms with van der Waals surface area (Å²) in [6, 6.07) is 15.8. The molecule has 0 saturated carbocycles. The maximum absolute atomic E-state index is 6.01. The van der Waals surface area contributed by atoms with Crippen LogP contribution in [0.1, 0.15) is 23.6 Å². The molecule has 2 aromatic carbocycles. The van der Waals surface area contributed by atoms with Gasteiger partial charge in [-0.15, -0.1) is 0 Å². The Balaban J connectivity index is 1.56. The van der Waals surface area contributed by atoms with Crippen molar-refractivity contribution in [2.45, 2.75) is 28.7 Å². The fraction of sp³-hybridized carbons (Fsp3) is 0.400. The predicted octanol–water partition coefficient (Wildman–Crippen LogP) is 1.89. The molecular weight excluding hydrogens is 336 g/mol. The molecule has 1 aliphatic heterocycles. The lowest BCUT2D eigenvalue weighted by molar-refractivity contribution is -1.02. The highest BCUT2D eigenvalue weighted by Crippen LogP contribution is 2.39. The first-order chi connectivity index (χ1) is 11.7. The highest BCUT2D eigenvalue weighted by atomic mass is 35.5. The highest BCUT2D eigenvalue weighted by Gasteiger charge is 2.35. The van der Waals surface area contributed by atoms with E-state index in [0.717, 1.165) is 5.02 Å². The van der Waals surface area contributed by atoms with E-state index < -0.39 is 0 Å². The van der Waals surface area contributed by atoms with Crippen LogP contribution in [-0.2, 0) is 6.42 Å². The average Bonchev–Trinajstić information content (AvgIpc) is 3.03. The van der Waals surface area contributed by atoms with E-state index in [4.69, 9.17) is 11.6 Å². The summed E-state index contributed by atoms with van der Waals surface area (Å²) in [5.74, 6) is 0. The largest absolute Gasteiger partial charge is 0.328 e. The van der Waals surface area contributed by atoms with Gasteiger partial charge in [0, 0.05) is 26.8 Å². The number of piperazine rings is 1. The minimum absolute atomic E-state index is 0.707. The van der Waals surface area contributed by atoms with E-state index in [1.54, 1.807) is 20.9 Å². The number of benzene rings is 2. The van der Waals surface area contributed by atoms with E-state index in [-0.39, 0.29) is 0 Å². The van der Waals surface area contributed by atoms with Crippen LogP contribution in [0.25, 0.3) is 0 Å². The molecule has 0 amide bonds. The van der Waals surface area contributed by atoms with Crippen LogP contribution in [0.15, 0.2) is 52.3 Å². The second-order valence-corrected chi connectivity index (χ2v) is 8.64. The zero-order chi connectivity index (χ0) is 16.5. The number of fused-ring (bicyclic) bond motifs is 1. The van der Waals surface area contributed by atoms with E-state index in [1.807, 2.05) is 23.9 Å². The molecule has 1 atom stereocenters. The van der Waals surface area contributed by atoms with Crippen LogP contribution in [0.2, 0.25) is 5.02 Å². The normalized spacial score (nSPS) is 26.3. The molecule has 4 rings (SSSR count). The van der Waals surface area contributed by atoms with Gasteiger partial charge in [-0.25, -0.2) is 0 Å². The van der Waals surface area contributed by atoms with Gasteiger partial charge in [-0.1, -0.05) is 35.5 Å². The summed E-state index contributed by atoms with van der Waals surface area (Å²) in [7, 11) is 2.32. The van der Waals surface area contributed by atoms with Crippen molar-refractivity contribution in [3.8, 4) is 0 Å². The molecule has 24 heavy (non-hydrogen) atoms. The average molecular weight is 361 g/mol. The Morgan fingerprint density at radius 1 is 1.00 bits per heavy atom. The molecule has 4 heteroatoms. The Morgan fingerprint density at radius 2 is 1.75 bits per heavy atom. The molecular formula is C20H25ClN2S+2. The van der Waals surface area contributed by atoms with E-state index in [2.05, 4.69) is 37.4 Å². The number of halogens is 1. The molecule has 1 unspecified atom stereocenters. The summed E-state index contributed by atoms with van der Waals surface area (Å²) in [6.07, 6.45) is 2.53. The van der Waals surface area contributed by atoms with Crippen molar-refractivity contribution < 1.29 is 9.80 Å². The molecule has 0 spiro atoms. The first-order valence-corrected chi connectivity index (χ1v) is 10.1. The van der Waals surface area contributed by atoms with Crippen molar-refractivity contribution in [1.29, 1.82) is 0 Å². The zero-order valence-corrected chi connectivity index (χ0v) is 15.7. The summed E-state index contributed by atoms with van der Waals surface area (Å²) in [5.41, 5.74) is 3.18. The van der Waals surface area contributed by atoms with Crippen LogP contribution < -0.4 is 9.80 Å². The number of nitrogens with one attached hydrogen (secondary N) is 2. The topological polar surface area (TPSA) is 8.88 Å². The van der Waals surface area contributed by atoms with E-state index in [1.165, 1.54) is 48.8 Å². The minimum atomic E-state index is 0.707. The van der Waals surface area contributed by atoms with E-state index in [0.29, 0.717) is 6.04 Å². The van der Waals surface area contributed by atoms with E-state index >= 15 is 0 Å². The maximum atomic E-state index is 6.01. The highest BCUT2D eigenvalue weighted by molar-refractivity contribution is 7.99. The molecule has 2 N–H and O–H groups in total. The Hall–Kier alpha value is -1.00. The number of rotatable bonds is 3. The van der Waals surface area contributed by atoms with Gasteiger partial charge in [-0.3, -0.25) is 0 Å². The third-order valence-electron chi connectivity index (χ3n) is 5.51. The van der Waals surface area contributed by atoms with Crippen LogP contribution in [0.5, 0.6) is 0 Å². The third kappa shape index (κ3) is 3.36. The van der Waals surface area contributed by atoms with E-state index in [9.17, 15) is 0 Å². The van der Waals surface area contributed by atoms with Gasteiger partial charge in [0.2, 0.25) is 0 Å². The molecule has 1 heterocycles. The van der Waals surface area contributed by atoms with Gasteiger partial charge in [0.25, 0.3) is 0 Å². The molecule has 1 saturated heterocycles. The number of hydrogen-bond acceptors (Lipinski definition) is 1. The van der Waals surface area contributed by atoms with Crippen LogP contribution in [0.3, 0.4) is 0 Å². The van der Waals surface area contributed by atoms with Gasteiger partial charge < -0.3 is 9.80 Å². The minimum Gasteiger partial charge on any atom is -0.328 e. The van der Waals surface area contributed by atoms with Crippen molar-refractivity contribution in [1.82, 2.24) is 0 Å². The molecule has 126 valence electrons. The van der Waals surface area contributed by atoms with Crippen molar-refractivity contribution in [3.63, 3.8) is 0 Å². The Kier molecular flexibility index (Phi) is 4.86. The summed E-state index contributed by atoms with van der Waals surface area (Å²) in [5, 5.41) is 0.804. The number of hydrogen-bond donors (Lipinski definition) is 2. The van der Waals surface area contributed by atoms with Gasteiger partial charge in [0.1, 0.15) is 32.2 Å². The first-order valence-electron chi connectivity index (χ1n) is 8.92. The van der Waals surface area contributed by atoms with Crippen molar-refractivity contribution in [3.05, 3.63) is 58.6 Å². The van der Waals surface area contributed by atoms with Crippen molar-refractivity contribution in [2.24, 2.45) is 0 Å². The summed E-state index contributed by atoms with van der Waals surface area (Å²) >= 11 is 7.89. The summed E-state index contributed by atoms with van der Waals surface area (Å²) in [6.45, 7) is 5.23. The fourth-order valence-corrected chi connectivity index (χ4v) is 5.26. The Morgan fingerprint density at radius 3 is 2.50 bits per heavy atom. The summed E-state index contributed by atoms with van der Waals surface area (Å²) < 4.78 is 0. The number of likely N-dealkylation sites (N-methyl/N-ethyl adjacent to an activating group) is 1. The van der Waals surface area contributed by atoms with Crippen molar-refractivity contribution >= 4 is 23.4 Å². The molecule has 2 aromatic rings. The molecule has 2 nitrogen and oxygen atoms in total. The van der Waals surface area contributed by atoms with Gasteiger partial charge in [0.05, 0.1) is 7.05 Å². The van der Waals surface area contributed by atoms with Gasteiger partial charge >= 0.3 is 0 Å². The second kappa shape index (κ2) is 7.09. The standard InChI is InChI=1S/C20H23ClN2S/c1-22-11-13-23(14-12-22)19-10-9-18-17(19)3-2-4-20(18)24-16-7-5-15(21)6-8-16/h2-8,19H,9-14H2,1H3/p+2. The SMILES string of the molecule is C[NH+]1CC[NH+](C2CCc3c(Sc4ccc(Cl)cc4)cccc32)CC1. The third-order valence-corrected chi connectivity index (χ3v) is 6.87. The second-order valence-electron chi connectivity index (χ2n) is 7.09. The first kappa shape index (κ1) is 16.5. The molecule has 0 radical (unpaired) electrons. The molecule has 1 fully saturated rings. The van der Waals surface area contributed by atoms with Crippen LogP contribution in [0, 0.1) is 0 Å². The van der Waals surface area contributed by atoms with Gasteiger partial charge in [0.15, 0.2) is 0 Å². The Labute approximate surface area is 153 Å². The molecule has 2 aliphatic rings. The van der Waals surface area contributed by atoms with Gasteiger partial charge in [-0.2, -0.15) is 0 Å². The van der Waals surface area contributed by atoms with Crippen molar-refractivity contribution in [2.75, 3.05) is 33.2 Å². The zero-order valence-electron chi connectivity index (χ0n) is 14.1. The number of quaternary nitrogens is 2. The fourth-order valence-electron chi connectivity index (χ4n) is 4.12. The summed E-state index contributed by atoms with van der Waals surface area (Å²) in [4.78, 5) is 6.18. The smallest absolute Gasteiger partial charge is 0.127 e. The lowest BCUT2D eigenvalue weighted by Gasteiger charge is -2.32. The monoisotopic (exact) mass is 360 g/mol. The lowest BCUT2D eigenvalue weighted by Crippen LogP contribution is -3.27.